The van der Waals surface area contributed by atoms with Crippen molar-refractivity contribution in [3.05, 3.63) is 35.4 Å². The molecule has 4 heteroatoms. The molecule has 1 rings (SSSR count). The third kappa shape index (κ3) is 3.46. The molecule has 0 saturated heterocycles. The molecule has 0 amide bonds. The molecule has 0 aromatic heterocycles. The zero-order valence-electron chi connectivity index (χ0n) is 8.03. The van der Waals surface area contributed by atoms with Crippen molar-refractivity contribution in [1.29, 1.82) is 0 Å². The number of halogens is 1. The van der Waals surface area contributed by atoms with Gasteiger partial charge >= 0.3 is 10.2 Å². The van der Waals surface area contributed by atoms with Crippen LogP contribution in [0.5, 0.6) is 0 Å². The van der Waals surface area contributed by atoms with Crippen molar-refractivity contribution in [2.24, 2.45) is 0 Å². The first-order chi connectivity index (χ1) is 6.53. The second kappa shape index (κ2) is 4.55. The molecule has 1 aromatic carbocycles. The number of hydrogen-bond donors (Lipinski definition) is 0. The maximum absolute atomic E-state index is 12.3. The van der Waals surface area contributed by atoms with E-state index in [0.717, 1.165) is 17.5 Å². The molecule has 0 unspecified atom stereocenters. The van der Waals surface area contributed by atoms with E-state index >= 15 is 0 Å². The lowest BCUT2D eigenvalue weighted by atomic mass is 10.0. The fourth-order valence-corrected chi connectivity index (χ4v) is 1.84. The highest BCUT2D eigenvalue weighted by atomic mass is 32.3. The van der Waals surface area contributed by atoms with Gasteiger partial charge in [-0.3, -0.25) is 0 Å². The van der Waals surface area contributed by atoms with Crippen molar-refractivity contribution < 1.29 is 12.3 Å². The van der Waals surface area contributed by atoms with Crippen LogP contribution in [0.4, 0.5) is 3.89 Å². The lowest BCUT2D eigenvalue weighted by Crippen LogP contribution is -2.04. The summed E-state index contributed by atoms with van der Waals surface area (Å²) in [5, 5.41) is 0. The van der Waals surface area contributed by atoms with Gasteiger partial charge in [-0.25, -0.2) is 0 Å². The monoisotopic (exact) mass is 216 g/mol. The van der Waals surface area contributed by atoms with Crippen LogP contribution in [0, 0.1) is 0 Å². The molecule has 1 aromatic rings. The summed E-state index contributed by atoms with van der Waals surface area (Å²) in [5.41, 5.74) is 1.99. The van der Waals surface area contributed by atoms with Gasteiger partial charge in [0.05, 0.1) is 5.75 Å². The van der Waals surface area contributed by atoms with E-state index in [1.165, 1.54) is 0 Å². The summed E-state index contributed by atoms with van der Waals surface area (Å²) in [6.07, 6.45) is 1.09. The first-order valence-corrected chi connectivity index (χ1v) is 6.07. The van der Waals surface area contributed by atoms with Crippen molar-refractivity contribution in [1.82, 2.24) is 0 Å². The molecule has 14 heavy (non-hydrogen) atoms. The second-order valence-corrected chi connectivity index (χ2v) is 4.60. The summed E-state index contributed by atoms with van der Waals surface area (Å²) in [6, 6.07) is 7.50. The Morgan fingerprint density at radius 1 is 1.21 bits per heavy atom. The zero-order chi connectivity index (χ0) is 10.6. The standard InChI is InChI=1S/C10H13FO2S/c1-2-9-5-3-4-6-10(9)7-8-14(11,12)13/h3-6H,2,7-8H2,1H3. The van der Waals surface area contributed by atoms with Crippen LogP contribution in [-0.2, 0) is 23.1 Å². The highest BCUT2D eigenvalue weighted by Crippen LogP contribution is 2.11. The largest absolute Gasteiger partial charge is 0.302 e. The lowest BCUT2D eigenvalue weighted by Gasteiger charge is -2.05. The first-order valence-electron chi connectivity index (χ1n) is 4.52. The van der Waals surface area contributed by atoms with E-state index in [1.807, 2.05) is 31.2 Å². The first kappa shape index (κ1) is 11.2. The minimum Gasteiger partial charge on any atom is -0.195 e. The van der Waals surface area contributed by atoms with Gasteiger partial charge in [-0.05, 0) is 24.0 Å². The minimum atomic E-state index is -4.35. The summed E-state index contributed by atoms with van der Waals surface area (Å²) in [5.74, 6) is -0.427. The molecule has 0 aliphatic rings. The summed E-state index contributed by atoms with van der Waals surface area (Å²) < 4.78 is 33.0. The summed E-state index contributed by atoms with van der Waals surface area (Å²) in [7, 11) is -4.35. The van der Waals surface area contributed by atoms with Crippen molar-refractivity contribution >= 4 is 10.2 Å². The third-order valence-corrected chi connectivity index (χ3v) is 2.81. The molecule has 2 nitrogen and oxygen atoms in total. The molecule has 0 aliphatic heterocycles. The fourth-order valence-electron chi connectivity index (χ4n) is 1.38. The van der Waals surface area contributed by atoms with Crippen molar-refractivity contribution in [3.63, 3.8) is 0 Å². The van der Waals surface area contributed by atoms with Crippen LogP contribution in [-0.4, -0.2) is 14.2 Å². The summed E-state index contributed by atoms with van der Waals surface area (Å²) in [4.78, 5) is 0. The Bertz CT molecular complexity index is 398. The third-order valence-electron chi connectivity index (χ3n) is 2.11. The van der Waals surface area contributed by atoms with E-state index in [4.69, 9.17) is 0 Å². The van der Waals surface area contributed by atoms with Crippen LogP contribution < -0.4 is 0 Å². The molecule has 0 bridgehead atoms. The van der Waals surface area contributed by atoms with E-state index in [2.05, 4.69) is 0 Å². The molecule has 0 atom stereocenters. The minimum absolute atomic E-state index is 0.253. The van der Waals surface area contributed by atoms with Gasteiger partial charge in [0.1, 0.15) is 0 Å². The lowest BCUT2D eigenvalue weighted by molar-refractivity contribution is 0.551. The number of hydrogen-bond acceptors (Lipinski definition) is 2. The van der Waals surface area contributed by atoms with Gasteiger partial charge in [0.15, 0.2) is 0 Å². The maximum Gasteiger partial charge on any atom is 0.302 e. The van der Waals surface area contributed by atoms with Crippen LogP contribution >= 0.6 is 0 Å². The van der Waals surface area contributed by atoms with E-state index in [0.29, 0.717) is 0 Å². The fraction of sp³-hybridized carbons (Fsp3) is 0.400. The molecule has 78 valence electrons. The Morgan fingerprint density at radius 3 is 2.29 bits per heavy atom. The molecule has 0 heterocycles. The van der Waals surface area contributed by atoms with Gasteiger partial charge in [-0.2, -0.15) is 8.42 Å². The van der Waals surface area contributed by atoms with Crippen LogP contribution in [0.15, 0.2) is 24.3 Å². The van der Waals surface area contributed by atoms with Gasteiger partial charge < -0.3 is 0 Å². The van der Waals surface area contributed by atoms with Gasteiger partial charge in [-0.1, -0.05) is 31.2 Å². The normalized spacial score (nSPS) is 11.6. The number of aryl methyl sites for hydroxylation is 2. The Labute approximate surface area is 84.0 Å². The molecule has 0 N–H and O–H groups in total. The average molecular weight is 216 g/mol. The topological polar surface area (TPSA) is 34.1 Å². The van der Waals surface area contributed by atoms with Crippen molar-refractivity contribution in [3.8, 4) is 0 Å². The van der Waals surface area contributed by atoms with Gasteiger partial charge in [-0.15, -0.1) is 3.89 Å². The smallest absolute Gasteiger partial charge is 0.195 e. The van der Waals surface area contributed by atoms with Crippen molar-refractivity contribution in [2.75, 3.05) is 5.75 Å². The average Bonchev–Trinajstić information content (AvgIpc) is 2.14. The number of benzene rings is 1. The zero-order valence-corrected chi connectivity index (χ0v) is 8.85. The highest BCUT2D eigenvalue weighted by molar-refractivity contribution is 7.86. The molecule has 0 saturated carbocycles. The van der Waals surface area contributed by atoms with Crippen molar-refractivity contribution in [2.45, 2.75) is 19.8 Å². The predicted molar refractivity (Wildman–Crippen MR) is 54.4 cm³/mol. The Kier molecular flexibility index (Phi) is 3.63. The van der Waals surface area contributed by atoms with E-state index in [9.17, 15) is 12.3 Å². The Morgan fingerprint density at radius 2 is 1.79 bits per heavy atom. The van der Waals surface area contributed by atoms with Crippen LogP contribution in [0.25, 0.3) is 0 Å². The highest BCUT2D eigenvalue weighted by Gasteiger charge is 2.08. The Hall–Kier alpha value is -0.900. The van der Waals surface area contributed by atoms with Crippen LogP contribution in [0.1, 0.15) is 18.1 Å². The maximum atomic E-state index is 12.3. The molecule has 0 radical (unpaired) electrons. The van der Waals surface area contributed by atoms with Gasteiger partial charge in [0.25, 0.3) is 0 Å². The van der Waals surface area contributed by atoms with Gasteiger partial charge in [0, 0.05) is 0 Å². The SMILES string of the molecule is CCc1ccccc1CCS(=O)(=O)F. The molecular formula is C10H13FO2S. The van der Waals surface area contributed by atoms with E-state index in [1.54, 1.807) is 0 Å². The number of rotatable bonds is 4. The van der Waals surface area contributed by atoms with Crippen LogP contribution in [0.3, 0.4) is 0 Å². The van der Waals surface area contributed by atoms with Crippen LogP contribution in [0.2, 0.25) is 0 Å². The Balaban J connectivity index is 2.76. The quantitative estimate of drug-likeness (QED) is 0.722. The molecule has 0 fully saturated rings. The van der Waals surface area contributed by atoms with Gasteiger partial charge in [0.2, 0.25) is 0 Å². The molecule has 0 spiro atoms. The predicted octanol–water partition coefficient (Wildman–Crippen LogP) is 2.09. The molecular weight excluding hydrogens is 203 g/mol. The summed E-state index contributed by atoms with van der Waals surface area (Å²) in [6.45, 7) is 1.99. The second-order valence-electron chi connectivity index (χ2n) is 3.12. The summed E-state index contributed by atoms with van der Waals surface area (Å²) >= 11 is 0. The molecule has 0 aliphatic carbocycles. The van der Waals surface area contributed by atoms with E-state index in [-0.39, 0.29) is 6.42 Å². The van der Waals surface area contributed by atoms with E-state index < -0.39 is 16.0 Å².